The zero-order valence-corrected chi connectivity index (χ0v) is 21.6. The van der Waals surface area contributed by atoms with Crippen molar-refractivity contribution in [2.45, 2.75) is 32.2 Å². The number of nitrogens with zero attached hydrogens (tertiary/aromatic N) is 2. The van der Waals surface area contributed by atoms with Crippen molar-refractivity contribution in [2.24, 2.45) is 0 Å². The van der Waals surface area contributed by atoms with Crippen molar-refractivity contribution in [3.8, 4) is 0 Å². The molecule has 2 N–H and O–H groups in total. The van der Waals surface area contributed by atoms with Crippen LogP contribution in [-0.4, -0.2) is 29.7 Å². The first-order chi connectivity index (χ1) is 17.6. The maximum Gasteiger partial charge on any atom is 0.249 e. The van der Waals surface area contributed by atoms with E-state index in [0.717, 1.165) is 23.6 Å². The molecule has 9 heteroatoms. The molecule has 0 saturated carbocycles. The molecule has 0 amide bonds. The van der Waals surface area contributed by atoms with E-state index < -0.39 is 0 Å². The molecule has 2 aromatic carbocycles. The Bertz CT molecular complexity index is 1480. The highest BCUT2D eigenvalue weighted by molar-refractivity contribution is 8.05. The summed E-state index contributed by atoms with van der Waals surface area (Å²) in [6.07, 6.45) is 3.36. The maximum atomic E-state index is 11.8. The van der Waals surface area contributed by atoms with Gasteiger partial charge in [0, 0.05) is 67.5 Å². The molecule has 0 radical (unpaired) electrons. The van der Waals surface area contributed by atoms with Crippen molar-refractivity contribution in [2.75, 3.05) is 29.9 Å². The van der Waals surface area contributed by atoms with Gasteiger partial charge in [-0.1, -0.05) is 47.3 Å². The first kappa shape index (κ1) is 23.5. The van der Waals surface area contributed by atoms with Crippen molar-refractivity contribution in [1.29, 1.82) is 0 Å². The molecule has 4 aromatic rings. The minimum Gasteiger partial charge on any atom is -0.379 e. The zero-order valence-electron chi connectivity index (χ0n) is 19.2. The lowest BCUT2D eigenvalue weighted by molar-refractivity contribution is 0.0379. The Kier molecular flexibility index (Phi) is 6.67. The molecule has 1 atom stereocenters. The third-order valence-corrected chi connectivity index (χ3v) is 9.02. The van der Waals surface area contributed by atoms with Crippen LogP contribution in [0.15, 0.2) is 97.4 Å². The van der Waals surface area contributed by atoms with Crippen LogP contribution in [0.25, 0.3) is 0 Å². The normalized spacial score (nSPS) is 16.8. The number of pyridine rings is 2. The number of hydrogen-bond acceptors (Lipinski definition) is 7. The first-order valence-corrected chi connectivity index (χ1v) is 13.7. The van der Waals surface area contributed by atoms with Crippen LogP contribution in [0, 0.1) is 0 Å². The molecule has 1 fully saturated rings. The summed E-state index contributed by atoms with van der Waals surface area (Å²) < 4.78 is 6.23. The predicted octanol–water partition coefficient (Wildman–Crippen LogP) is 6.23. The smallest absolute Gasteiger partial charge is 0.249 e. The second-order valence-electron chi connectivity index (χ2n) is 8.58. The van der Waals surface area contributed by atoms with E-state index in [0.29, 0.717) is 24.7 Å². The van der Waals surface area contributed by atoms with E-state index in [9.17, 15) is 4.79 Å². The van der Waals surface area contributed by atoms with E-state index in [-0.39, 0.29) is 11.7 Å². The summed E-state index contributed by atoms with van der Waals surface area (Å²) in [7, 11) is 0. The van der Waals surface area contributed by atoms with E-state index >= 15 is 0 Å². The van der Waals surface area contributed by atoms with E-state index in [2.05, 4.69) is 56.6 Å². The second kappa shape index (κ2) is 10.2. The Morgan fingerprint density at radius 2 is 2.03 bits per heavy atom. The van der Waals surface area contributed by atoms with E-state index in [1.807, 2.05) is 12.1 Å². The fourth-order valence-corrected chi connectivity index (χ4v) is 7.06. The lowest BCUT2D eigenvalue weighted by Gasteiger charge is -2.36. The number of fused-ring (bicyclic) bond motifs is 2. The molecule has 0 spiro atoms. The lowest BCUT2D eigenvalue weighted by atomic mass is 10.1. The van der Waals surface area contributed by atoms with Gasteiger partial charge in [-0.05, 0) is 48.0 Å². The monoisotopic (exact) mass is 534 g/mol. The van der Waals surface area contributed by atoms with Crippen molar-refractivity contribution in [3.63, 3.8) is 0 Å². The Balaban J connectivity index is 1.20. The average molecular weight is 535 g/mol. The van der Waals surface area contributed by atoms with Crippen LogP contribution in [0.5, 0.6) is 0 Å². The summed E-state index contributed by atoms with van der Waals surface area (Å²) in [6.45, 7) is 2.70. The fourth-order valence-electron chi connectivity index (χ4n) is 4.43. The number of nitrogens with one attached hydrogen (secondary N) is 2. The molecule has 6 rings (SSSR count). The van der Waals surface area contributed by atoms with Gasteiger partial charge < -0.3 is 19.9 Å². The summed E-state index contributed by atoms with van der Waals surface area (Å²) in [5, 5.41) is 4.14. The molecular weight excluding hydrogens is 512 g/mol. The molecule has 36 heavy (non-hydrogen) atoms. The molecular formula is C27H23ClN4O2S2. The van der Waals surface area contributed by atoms with Crippen LogP contribution in [0.4, 0.5) is 11.4 Å². The number of ether oxygens (including phenoxy) is 1. The summed E-state index contributed by atoms with van der Waals surface area (Å²) in [5.74, 6) is 0. The van der Waals surface area contributed by atoms with E-state index in [1.54, 1.807) is 48.1 Å². The summed E-state index contributed by atoms with van der Waals surface area (Å²) in [6, 6.07) is 20.2. The summed E-state index contributed by atoms with van der Waals surface area (Å²) in [5.41, 5.74) is 3.98. The topological polar surface area (TPSA) is 70.2 Å². The van der Waals surface area contributed by atoms with Crippen molar-refractivity contribution in [3.05, 3.63) is 99.7 Å². The van der Waals surface area contributed by atoms with Gasteiger partial charge in [0.1, 0.15) is 6.10 Å². The summed E-state index contributed by atoms with van der Waals surface area (Å²) in [4.78, 5) is 26.0. The van der Waals surface area contributed by atoms with Crippen LogP contribution >= 0.6 is 35.1 Å². The molecule has 0 bridgehead atoms. The number of halogens is 1. The van der Waals surface area contributed by atoms with Gasteiger partial charge in [0.15, 0.2) is 0 Å². The minimum absolute atomic E-state index is 0.0613. The van der Waals surface area contributed by atoms with Gasteiger partial charge in [-0.25, -0.2) is 0 Å². The van der Waals surface area contributed by atoms with Crippen LogP contribution in [0.2, 0.25) is 5.02 Å². The zero-order chi connectivity index (χ0) is 24.5. The fraction of sp³-hybridized carbons (Fsp3) is 0.185. The number of anilines is 2. The van der Waals surface area contributed by atoms with Crippen LogP contribution < -0.4 is 15.8 Å². The molecule has 2 aliphatic rings. The summed E-state index contributed by atoms with van der Waals surface area (Å²) >= 11 is 9.67. The van der Waals surface area contributed by atoms with E-state index in [1.165, 1.54) is 25.1 Å². The standard InChI is InChI=1S/C27H23ClN4O2S2/c28-17-6-8-29-19(12-17)15-31-18-4-5-23-25(13-18)35-24-3-1-2-21(27(24)36-23)22-16-32(10-11-34-22)20-7-9-30-26(33)14-20/h1-9,12-14,22,31H,10-11,15-16H2,(H,30,33). The highest BCUT2D eigenvalue weighted by Gasteiger charge is 2.28. The maximum absolute atomic E-state index is 11.8. The van der Waals surface area contributed by atoms with Gasteiger partial charge in [-0.3, -0.25) is 9.78 Å². The van der Waals surface area contributed by atoms with Gasteiger partial charge >= 0.3 is 0 Å². The predicted molar refractivity (Wildman–Crippen MR) is 146 cm³/mol. The molecule has 0 aliphatic carbocycles. The number of benzene rings is 2. The molecule has 4 heterocycles. The number of aromatic nitrogens is 2. The van der Waals surface area contributed by atoms with Crippen molar-refractivity contribution in [1.82, 2.24) is 9.97 Å². The third-order valence-electron chi connectivity index (χ3n) is 6.17. The number of aromatic amines is 1. The van der Waals surface area contributed by atoms with Crippen LogP contribution in [0.1, 0.15) is 17.4 Å². The second-order valence-corrected chi connectivity index (χ2v) is 11.1. The lowest BCUT2D eigenvalue weighted by Crippen LogP contribution is -2.39. The molecule has 6 nitrogen and oxygen atoms in total. The van der Waals surface area contributed by atoms with Gasteiger partial charge in [0.25, 0.3) is 0 Å². The quantitative estimate of drug-likeness (QED) is 0.277. The van der Waals surface area contributed by atoms with Gasteiger partial charge in [0.2, 0.25) is 5.56 Å². The number of H-pyrrole nitrogens is 1. The number of rotatable bonds is 5. The molecule has 1 unspecified atom stereocenters. The Hall–Kier alpha value is -2.91. The van der Waals surface area contributed by atoms with Gasteiger partial charge in [-0.15, -0.1) is 0 Å². The minimum atomic E-state index is -0.0890. The van der Waals surface area contributed by atoms with Crippen molar-refractivity contribution >= 4 is 46.5 Å². The molecule has 1 saturated heterocycles. The highest BCUT2D eigenvalue weighted by atomic mass is 35.5. The molecule has 2 aromatic heterocycles. The largest absolute Gasteiger partial charge is 0.379 e. The third kappa shape index (κ3) is 4.99. The average Bonchev–Trinajstić information content (AvgIpc) is 2.90. The van der Waals surface area contributed by atoms with Gasteiger partial charge in [-0.2, -0.15) is 0 Å². The highest BCUT2D eigenvalue weighted by Crippen LogP contribution is 2.51. The molecule has 182 valence electrons. The molecule has 2 aliphatic heterocycles. The SMILES string of the molecule is O=c1cc(N2CCOC(c3cccc4c3Sc3ccc(NCc5cc(Cl)ccn5)cc3S4)C2)cc[nH]1. The van der Waals surface area contributed by atoms with Crippen molar-refractivity contribution < 1.29 is 4.74 Å². The number of hydrogen-bond donors (Lipinski definition) is 2. The Morgan fingerprint density at radius 1 is 1.08 bits per heavy atom. The number of morpholine rings is 1. The Labute approximate surface area is 222 Å². The van der Waals surface area contributed by atoms with Crippen LogP contribution in [0.3, 0.4) is 0 Å². The van der Waals surface area contributed by atoms with Crippen LogP contribution in [-0.2, 0) is 11.3 Å². The van der Waals surface area contributed by atoms with Gasteiger partial charge in [0.05, 0.1) is 18.8 Å². The van der Waals surface area contributed by atoms with E-state index in [4.69, 9.17) is 16.3 Å². The Morgan fingerprint density at radius 3 is 2.92 bits per heavy atom. The first-order valence-electron chi connectivity index (χ1n) is 11.6.